The van der Waals surface area contributed by atoms with Gasteiger partial charge in [-0.05, 0) is 63.6 Å². The van der Waals surface area contributed by atoms with Crippen molar-refractivity contribution >= 4 is 11.9 Å². The molecule has 27 heavy (non-hydrogen) atoms. The molecule has 2 aliphatic rings. The van der Waals surface area contributed by atoms with Crippen molar-refractivity contribution in [2.45, 2.75) is 45.1 Å². The quantitative estimate of drug-likeness (QED) is 0.746. The lowest BCUT2D eigenvalue weighted by Crippen LogP contribution is -2.52. The molecule has 0 radical (unpaired) electrons. The molecular weight excluding hydrogens is 340 g/mol. The van der Waals surface area contributed by atoms with Crippen LogP contribution in [0.15, 0.2) is 30.3 Å². The third-order valence-electron chi connectivity index (χ3n) is 6.26. The van der Waals surface area contributed by atoms with E-state index in [0.29, 0.717) is 31.8 Å². The van der Waals surface area contributed by atoms with Crippen molar-refractivity contribution in [2.24, 2.45) is 11.8 Å². The van der Waals surface area contributed by atoms with Crippen LogP contribution >= 0.6 is 0 Å². The predicted molar refractivity (Wildman–Crippen MR) is 105 cm³/mol. The molecule has 0 bridgehead atoms. The molecule has 0 aromatic heterocycles. The molecule has 0 aliphatic carbocycles. The second-order valence-corrected chi connectivity index (χ2v) is 7.97. The van der Waals surface area contributed by atoms with Crippen LogP contribution in [0.5, 0.6) is 0 Å². The molecule has 2 aliphatic heterocycles. The van der Waals surface area contributed by atoms with E-state index in [0.717, 1.165) is 32.4 Å². The molecule has 1 atom stereocenters. The number of piperidine rings is 2. The van der Waals surface area contributed by atoms with Gasteiger partial charge >= 0.3 is 5.97 Å². The zero-order valence-electron chi connectivity index (χ0n) is 16.6. The fraction of sp³-hybridized carbons (Fsp3) is 0.636. The van der Waals surface area contributed by atoms with Gasteiger partial charge in [0.2, 0.25) is 5.91 Å². The van der Waals surface area contributed by atoms with Gasteiger partial charge in [-0.3, -0.25) is 14.5 Å². The topological polar surface area (TPSA) is 49.9 Å². The zero-order valence-corrected chi connectivity index (χ0v) is 16.6. The molecule has 3 rings (SSSR count). The van der Waals surface area contributed by atoms with Crippen LogP contribution in [-0.4, -0.2) is 61.0 Å². The number of hydrogen-bond acceptors (Lipinski definition) is 4. The van der Waals surface area contributed by atoms with Crippen LogP contribution in [0.4, 0.5) is 0 Å². The van der Waals surface area contributed by atoms with E-state index in [1.807, 2.05) is 11.8 Å². The average molecular weight is 373 g/mol. The number of amides is 1. The Labute approximate surface area is 162 Å². The van der Waals surface area contributed by atoms with Crippen molar-refractivity contribution in [1.29, 1.82) is 0 Å². The van der Waals surface area contributed by atoms with Gasteiger partial charge in [0.1, 0.15) is 0 Å². The van der Waals surface area contributed by atoms with Crippen LogP contribution < -0.4 is 0 Å². The van der Waals surface area contributed by atoms with Crippen molar-refractivity contribution in [3.05, 3.63) is 35.9 Å². The summed E-state index contributed by atoms with van der Waals surface area (Å²) in [6.45, 7) is 5.33. The summed E-state index contributed by atoms with van der Waals surface area (Å²) >= 11 is 0. The number of rotatable bonds is 5. The molecule has 0 saturated carbocycles. The van der Waals surface area contributed by atoms with Gasteiger partial charge in [-0.1, -0.05) is 30.3 Å². The van der Waals surface area contributed by atoms with E-state index in [2.05, 4.69) is 35.2 Å². The molecule has 0 spiro atoms. The van der Waals surface area contributed by atoms with E-state index in [9.17, 15) is 9.59 Å². The minimum absolute atomic E-state index is 0.0527. The standard InChI is InChI=1S/C22H32N2O3/c1-17(21(25)24-14-10-20(11-15-24)22(26)27-2)23-12-8-19(9-13-23)16-18-6-4-3-5-7-18/h3-7,17,19-20H,8-16H2,1-2H3. The number of benzene rings is 1. The van der Waals surface area contributed by atoms with Crippen molar-refractivity contribution < 1.29 is 14.3 Å². The predicted octanol–water partition coefficient (Wildman–Crippen LogP) is 2.74. The molecule has 5 nitrogen and oxygen atoms in total. The minimum atomic E-state index is -0.143. The van der Waals surface area contributed by atoms with Crippen molar-refractivity contribution in [3.8, 4) is 0 Å². The summed E-state index contributed by atoms with van der Waals surface area (Å²) in [5.41, 5.74) is 1.41. The van der Waals surface area contributed by atoms with Gasteiger partial charge in [-0.15, -0.1) is 0 Å². The Balaban J connectivity index is 1.44. The lowest BCUT2D eigenvalue weighted by atomic mass is 9.89. The fourth-order valence-electron chi connectivity index (χ4n) is 4.41. The number of carbonyl (C=O) groups excluding carboxylic acids is 2. The third kappa shape index (κ3) is 5.10. The Morgan fingerprint density at radius 3 is 2.26 bits per heavy atom. The molecule has 2 saturated heterocycles. The lowest BCUT2D eigenvalue weighted by molar-refractivity contribution is -0.149. The number of methoxy groups -OCH3 is 1. The zero-order chi connectivity index (χ0) is 19.2. The van der Waals surface area contributed by atoms with Gasteiger partial charge in [0.25, 0.3) is 0 Å². The normalized spacial score (nSPS) is 21.0. The highest BCUT2D eigenvalue weighted by atomic mass is 16.5. The maximum absolute atomic E-state index is 12.9. The van der Waals surface area contributed by atoms with Gasteiger partial charge in [0.05, 0.1) is 19.1 Å². The second kappa shape index (κ2) is 9.36. The van der Waals surface area contributed by atoms with Crippen LogP contribution in [0.25, 0.3) is 0 Å². The van der Waals surface area contributed by atoms with E-state index in [4.69, 9.17) is 4.74 Å². The third-order valence-corrected chi connectivity index (χ3v) is 6.26. The van der Waals surface area contributed by atoms with Crippen molar-refractivity contribution in [1.82, 2.24) is 9.80 Å². The summed E-state index contributed by atoms with van der Waals surface area (Å²) in [7, 11) is 1.43. The average Bonchev–Trinajstić information content (AvgIpc) is 2.73. The highest BCUT2D eigenvalue weighted by Gasteiger charge is 2.33. The number of esters is 1. The summed E-state index contributed by atoms with van der Waals surface area (Å²) in [6, 6.07) is 10.6. The Hall–Kier alpha value is -1.88. The first kappa shape index (κ1) is 19.9. The summed E-state index contributed by atoms with van der Waals surface area (Å²) < 4.78 is 4.83. The Bertz CT molecular complexity index is 618. The van der Waals surface area contributed by atoms with Gasteiger partial charge in [-0.2, -0.15) is 0 Å². The first-order valence-electron chi connectivity index (χ1n) is 10.2. The van der Waals surface area contributed by atoms with Crippen LogP contribution in [-0.2, 0) is 20.7 Å². The summed E-state index contributed by atoms with van der Waals surface area (Å²) in [5, 5.41) is 0. The maximum atomic E-state index is 12.9. The van der Waals surface area contributed by atoms with Gasteiger partial charge < -0.3 is 9.64 Å². The molecule has 0 N–H and O–H groups in total. The number of carbonyl (C=O) groups is 2. The number of nitrogens with zero attached hydrogens (tertiary/aromatic N) is 2. The maximum Gasteiger partial charge on any atom is 0.308 e. The van der Waals surface area contributed by atoms with Crippen LogP contribution in [0.3, 0.4) is 0 Å². The summed E-state index contributed by atoms with van der Waals surface area (Å²) in [4.78, 5) is 28.8. The first-order valence-corrected chi connectivity index (χ1v) is 10.2. The Kier molecular flexibility index (Phi) is 6.89. The van der Waals surface area contributed by atoms with Gasteiger partial charge in [-0.25, -0.2) is 0 Å². The Morgan fingerprint density at radius 1 is 1.04 bits per heavy atom. The fourth-order valence-corrected chi connectivity index (χ4v) is 4.41. The van der Waals surface area contributed by atoms with E-state index >= 15 is 0 Å². The SMILES string of the molecule is COC(=O)C1CCN(C(=O)C(C)N2CCC(Cc3ccccc3)CC2)CC1. The molecule has 1 aromatic carbocycles. The van der Waals surface area contributed by atoms with Crippen LogP contribution in [0.1, 0.15) is 38.2 Å². The lowest BCUT2D eigenvalue weighted by Gasteiger charge is -2.39. The molecular formula is C22H32N2O3. The number of ether oxygens (including phenoxy) is 1. The van der Waals surface area contributed by atoms with Gasteiger partial charge in [0.15, 0.2) is 0 Å². The monoisotopic (exact) mass is 372 g/mol. The number of likely N-dealkylation sites (tertiary alicyclic amines) is 2. The van der Waals surface area contributed by atoms with Crippen LogP contribution in [0, 0.1) is 11.8 Å². The van der Waals surface area contributed by atoms with Gasteiger partial charge in [0, 0.05) is 13.1 Å². The highest BCUT2D eigenvalue weighted by molar-refractivity contribution is 5.82. The molecule has 1 amide bonds. The molecule has 1 unspecified atom stereocenters. The van der Waals surface area contributed by atoms with Crippen molar-refractivity contribution in [3.63, 3.8) is 0 Å². The largest absolute Gasteiger partial charge is 0.469 e. The smallest absolute Gasteiger partial charge is 0.308 e. The van der Waals surface area contributed by atoms with Crippen molar-refractivity contribution in [2.75, 3.05) is 33.3 Å². The summed E-state index contributed by atoms with van der Waals surface area (Å²) in [6.07, 6.45) is 4.86. The highest BCUT2D eigenvalue weighted by Crippen LogP contribution is 2.25. The first-order chi connectivity index (χ1) is 13.1. The summed E-state index contributed by atoms with van der Waals surface area (Å²) in [5.74, 6) is 0.723. The molecule has 2 fully saturated rings. The molecule has 5 heteroatoms. The molecule has 1 aromatic rings. The Morgan fingerprint density at radius 2 is 1.67 bits per heavy atom. The number of hydrogen-bond donors (Lipinski definition) is 0. The van der Waals surface area contributed by atoms with Crippen LogP contribution in [0.2, 0.25) is 0 Å². The van der Waals surface area contributed by atoms with E-state index in [1.165, 1.54) is 12.7 Å². The van der Waals surface area contributed by atoms with E-state index < -0.39 is 0 Å². The second-order valence-electron chi connectivity index (χ2n) is 7.97. The van der Waals surface area contributed by atoms with E-state index in [1.54, 1.807) is 0 Å². The van der Waals surface area contributed by atoms with E-state index in [-0.39, 0.29) is 23.8 Å². The molecule has 148 valence electrons. The molecule has 2 heterocycles. The minimum Gasteiger partial charge on any atom is -0.469 e.